The Hall–Kier alpha value is -1.43. The number of aliphatic carboxylic acids is 1. The number of nitrogens with one attached hydrogen (secondary N) is 1. The Morgan fingerprint density at radius 2 is 2.29 bits per heavy atom. The minimum atomic E-state index is -0.899. The van der Waals surface area contributed by atoms with Crippen LogP contribution in [0.5, 0.6) is 0 Å². The fourth-order valence-corrected chi connectivity index (χ4v) is 2.19. The Bertz CT molecular complexity index is 403. The van der Waals surface area contributed by atoms with Crippen LogP contribution in [0.2, 0.25) is 0 Å². The number of hydrogen-bond donors (Lipinski definition) is 2. The van der Waals surface area contributed by atoms with Gasteiger partial charge in [0.2, 0.25) is 0 Å². The van der Waals surface area contributed by atoms with Crippen LogP contribution in [0, 0.1) is 6.92 Å². The zero-order valence-corrected chi connectivity index (χ0v) is 10.7. The first kappa shape index (κ1) is 13.6. The Kier molecular flexibility index (Phi) is 5.09. The number of amides is 1. The van der Waals surface area contributed by atoms with Gasteiger partial charge in [-0.3, -0.25) is 9.59 Å². The fraction of sp³-hybridized carbons (Fsp3) is 0.545. The number of carbonyl (C=O) groups is 2. The second-order valence-corrected chi connectivity index (χ2v) is 5.04. The summed E-state index contributed by atoms with van der Waals surface area (Å²) in [7, 11) is 0. The van der Waals surface area contributed by atoms with E-state index < -0.39 is 5.97 Å². The molecule has 1 amide bonds. The van der Waals surface area contributed by atoms with E-state index in [-0.39, 0.29) is 18.4 Å². The molecule has 0 saturated heterocycles. The molecule has 2 N–H and O–H groups in total. The molecule has 0 aromatic carbocycles. The molecule has 6 heteroatoms. The normalized spacial score (nSPS) is 12.1. The van der Waals surface area contributed by atoms with E-state index in [0.29, 0.717) is 11.3 Å². The summed E-state index contributed by atoms with van der Waals surface area (Å²) >= 11 is 1.30. The van der Waals surface area contributed by atoms with Crippen LogP contribution in [0.4, 0.5) is 0 Å². The van der Waals surface area contributed by atoms with Gasteiger partial charge in [0.05, 0.1) is 17.6 Å². The predicted octanol–water partition coefficient (Wildman–Crippen LogP) is 1.82. The lowest BCUT2D eigenvalue weighted by molar-refractivity contribution is -0.137. The second kappa shape index (κ2) is 6.34. The lowest BCUT2D eigenvalue weighted by Gasteiger charge is -2.15. The third-order valence-electron chi connectivity index (χ3n) is 2.24. The highest BCUT2D eigenvalue weighted by Gasteiger charge is 2.17. The summed E-state index contributed by atoms with van der Waals surface area (Å²) in [5.74, 6) is -1.14. The fourth-order valence-electron chi connectivity index (χ4n) is 1.51. The van der Waals surface area contributed by atoms with Gasteiger partial charge in [0.25, 0.3) is 5.91 Å². The predicted molar refractivity (Wildman–Crippen MR) is 65.3 cm³/mol. The van der Waals surface area contributed by atoms with E-state index in [1.165, 1.54) is 17.5 Å². The average molecular weight is 256 g/mol. The van der Waals surface area contributed by atoms with Gasteiger partial charge >= 0.3 is 5.97 Å². The average Bonchev–Trinajstić information content (AvgIpc) is 2.64. The maximum Gasteiger partial charge on any atom is 0.305 e. The molecule has 0 bridgehead atoms. The van der Waals surface area contributed by atoms with Crippen LogP contribution < -0.4 is 5.32 Å². The van der Waals surface area contributed by atoms with Gasteiger partial charge < -0.3 is 10.4 Å². The highest BCUT2D eigenvalue weighted by molar-refractivity contribution is 7.13. The van der Waals surface area contributed by atoms with Crippen molar-refractivity contribution < 1.29 is 14.7 Å². The summed E-state index contributed by atoms with van der Waals surface area (Å²) in [6.45, 7) is 3.78. The molecule has 0 radical (unpaired) electrons. The van der Waals surface area contributed by atoms with E-state index in [1.807, 2.05) is 13.8 Å². The first-order valence-electron chi connectivity index (χ1n) is 5.48. The summed E-state index contributed by atoms with van der Waals surface area (Å²) in [6.07, 6.45) is 2.96. The van der Waals surface area contributed by atoms with Crippen molar-refractivity contribution in [2.24, 2.45) is 0 Å². The number of aryl methyl sites for hydroxylation is 1. The van der Waals surface area contributed by atoms with Crippen molar-refractivity contribution >= 4 is 23.2 Å². The van der Waals surface area contributed by atoms with Gasteiger partial charge in [-0.2, -0.15) is 0 Å². The van der Waals surface area contributed by atoms with Crippen LogP contribution in [0.15, 0.2) is 6.20 Å². The number of thiazole rings is 1. The zero-order valence-electron chi connectivity index (χ0n) is 9.90. The minimum absolute atomic E-state index is 0.0443. The van der Waals surface area contributed by atoms with Gasteiger partial charge in [-0.15, -0.1) is 11.3 Å². The summed E-state index contributed by atoms with van der Waals surface area (Å²) in [6, 6.07) is -0.313. The summed E-state index contributed by atoms with van der Waals surface area (Å²) < 4.78 is 0. The number of rotatable bonds is 6. The summed E-state index contributed by atoms with van der Waals surface area (Å²) in [5, 5.41) is 12.3. The summed E-state index contributed by atoms with van der Waals surface area (Å²) in [4.78, 5) is 27.0. The van der Waals surface area contributed by atoms with Gasteiger partial charge in [0.15, 0.2) is 0 Å². The molecule has 1 aromatic heterocycles. The first-order chi connectivity index (χ1) is 8.02. The maximum atomic E-state index is 11.8. The molecule has 0 fully saturated rings. The molecular formula is C11H16N2O3S. The first-order valence-corrected chi connectivity index (χ1v) is 6.29. The van der Waals surface area contributed by atoms with Crippen molar-refractivity contribution in [1.29, 1.82) is 0 Å². The molecule has 94 valence electrons. The maximum absolute atomic E-state index is 11.8. The van der Waals surface area contributed by atoms with Crippen LogP contribution in [-0.2, 0) is 4.79 Å². The quantitative estimate of drug-likeness (QED) is 0.813. The molecule has 17 heavy (non-hydrogen) atoms. The number of aromatic nitrogens is 1. The Morgan fingerprint density at radius 1 is 1.59 bits per heavy atom. The van der Waals surface area contributed by atoms with Crippen molar-refractivity contribution in [3.63, 3.8) is 0 Å². The molecule has 0 aliphatic rings. The Labute approximate surface area is 104 Å². The molecule has 1 aromatic rings. The van der Waals surface area contributed by atoms with E-state index in [0.717, 1.165) is 11.4 Å². The van der Waals surface area contributed by atoms with Crippen molar-refractivity contribution in [2.75, 3.05) is 0 Å². The number of carbonyl (C=O) groups excluding carboxylic acids is 1. The van der Waals surface area contributed by atoms with Crippen molar-refractivity contribution in [2.45, 2.75) is 39.2 Å². The minimum Gasteiger partial charge on any atom is -0.481 e. The van der Waals surface area contributed by atoms with Crippen molar-refractivity contribution in [1.82, 2.24) is 10.3 Å². The van der Waals surface area contributed by atoms with Crippen LogP contribution in [0.1, 0.15) is 40.9 Å². The summed E-state index contributed by atoms with van der Waals surface area (Å²) in [5.41, 5.74) is 0. The third-order valence-corrected chi connectivity index (χ3v) is 3.15. The van der Waals surface area contributed by atoms with E-state index in [4.69, 9.17) is 5.11 Å². The lowest BCUT2D eigenvalue weighted by Crippen LogP contribution is -2.36. The Morgan fingerprint density at radius 3 is 2.76 bits per heavy atom. The van der Waals surface area contributed by atoms with E-state index >= 15 is 0 Å². The molecular weight excluding hydrogens is 240 g/mol. The largest absolute Gasteiger partial charge is 0.481 e. The van der Waals surface area contributed by atoms with Crippen molar-refractivity contribution in [3.8, 4) is 0 Å². The molecule has 5 nitrogen and oxygen atoms in total. The molecule has 0 aliphatic carbocycles. The lowest BCUT2D eigenvalue weighted by atomic mass is 10.1. The molecule has 1 rings (SSSR count). The van der Waals surface area contributed by atoms with Gasteiger partial charge in [0, 0.05) is 6.04 Å². The van der Waals surface area contributed by atoms with Crippen LogP contribution in [0.25, 0.3) is 0 Å². The number of carboxylic acids is 1. The van der Waals surface area contributed by atoms with Gasteiger partial charge in [-0.1, -0.05) is 13.3 Å². The van der Waals surface area contributed by atoms with Crippen LogP contribution in [0.3, 0.4) is 0 Å². The van der Waals surface area contributed by atoms with Gasteiger partial charge in [0.1, 0.15) is 4.88 Å². The molecule has 1 heterocycles. The van der Waals surface area contributed by atoms with Crippen molar-refractivity contribution in [3.05, 3.63) is 16.1 Å². The smallest absolute Gasteiger partial charge is 0.305 e. The zero-order chi connectivity index (χ0) is 12.8. The highest BCUT2D eigenvalue weighted by atomic mass is 32.1. The highest BCUT2D eigenvalue weighted by Crippen LogP contribution is 2.12. The van der Waals surface area contributed by atoms with Gasteiger partial charge in [-0.25, -0.2) is 4.98 Å². The van der Waals surface area contributed by atoms with Crippen LogP contribution in [-0.4, -0.2) is 28.0 Å². The topological polar surface area (TPSA) is 79.3 Å². The van der Waals surface area contributed by atoms with E-state index in [1.54, 1.807) is 0 Å². The monoisotopic (exact) mass is 256 g/mol. The van der Waals surface area contributed by atoms with Crippen LogP contribution >= 0.6 is 11.3 Å². The number of hydrogen-bond acceptors (Lipinski definition) is 4. The molecule has 1 unspecified atom stereocenters. The molecule has 0 spiro atoms. The number of carboxylic acid groups (broad SMARTS) is 1. The van der Waals surface area contributed by atoms with E-state index in [9.17, 15) is 9.59 Å². The molecule has 0 saturated carbocycles. The van der Waals surface area contributed by atoms with Gasteiger partial charge in [-0.05, 0) is 13.3 Å². The van der Waals surface area contributed by atoms with E-state index in [2.05, 4.69) is 10.3 Å². The second-order valence-electron chi connectivity index (χ2n) is 3.80. The Balaban J connectivity index is 2.60. The number of nitrogens with zero attached hydrogens (tertiary/aromatic N) is 1. The molecule has 1 atom stereocenters. The SMILES string of the molecule is CCCC(CC(=O)O)NC(=O)c1cnc(C)s1. The molecule has 0 aliphatic heterocycles. The third kappa shape index (κ3) is 4.52. The standard InChI is InChI=1S/C11H16N2O3S/c1-3-4-8(5-10(14)15)13-11(16)9-6-12-7(2)17-9/h6,8H,3-5H2,1-2H3,(H,13,16)(H,14,15).